The lowest BCUT2D eigenvalue weighted by Crippen LogP contribution is -2.52. The summed E-state index contributed by atoms with van der Waals surface area (Å²) in [5, 5.41) is 7.45. The van der Waals surface area contributed by atoms with Gasteiger partial charge in [-0.1, -0.05) is 25.1 Å². The second-order valence-electron chi connectivity index (χ2n) is 6.94. The average Bonchev–Trinajstić information content (AvgIpc) is 3.18. The van der Waals surface area contributed by atoms with Crippen LogP contribution in [-0.4, -0.2) is 65.8 Å². The van der Waals surface area contributed by atoms with Crippen molar-refractivity contribution in [1.29, 1.82) is 0 Å². The summed E-state index contributed by atoms with van der Waals surface area (Å²) in [6.07, 6.45) is 3.54. The normalized spacial score (nSPS) is 14.9. The van der Waals surface area contributed by atoms with Crippen LogP contribution in [-0.2, 0) is 6.42 Å². The van der Waals surface area contributed by atoms with Gasteiger partial charge in [-0.05, 0) is 18.6 Å². The Balaban J connectivity index is 0.00000280. The maximum Gasteiger partial charge on any atom is 0.226 e. The summed E-state index contributed by atoms with van der Waals surface area (Å²) >= 11 is 0. The molecule has 0 amide bonds. The van der Waals surface area contributed by atoms with Gasteiger partial charge in [-0.3, -0.25) is 4.99 Å². The third-order valence-electron chi connectivity index (χ3n) is 4.62. The summed E-state index contributed by atoms with van der Waals surface area (Å²) in [5.41, 5.74) is 0. The SMILES string of the molecule is CN=C(NCCCc1nc(C(C)C)no1)N1CCN(c2ccccn2)CC1.I. The number of rotatable bonds is 6. The van der Waals surface area contributed by atoms with Gasteiger partial charge in [0.2, 0.25) is 5.89 Å². The van der Waals surface area contributed by atoms with E-state index in [1.807, 2.05) is 25.4 Å². The summed E-state index contributed by atoms with van der Waals surface area (Å²) in [6.45, 7) is 8.69. The molecule has 0 atom stereocenters. The smallest absolute Gasteiger partial charge is 0.226 e. The molecule has 0 radical (unpaired) electrons. The van der Waals surface area contributed by atoms with E-state index < -0.39 is 0 Å². The second-order valence-corrected chi connectivity index (χ2v) is 6.94. The fraction of sp³-hybridized carbons (Fsp3) is 0.579. The van der Waals surface area contributed by atoms with Gasteiger partial charge in [0.05, 0.1) is 0 Å². The lowest BCUT2D eigenvalue weighted by atomic mass is 10.2. The van der Waals surface area contributed by atoms with E-state index in [0.717, 1.165) is 63.2 Å². The first-order chi connectivity index (χ1) is 13.2. The Kier molecular flexibility index (Phi) is 8.94. The zero-order valence-corrected chi connectivity index (χ0v) is 19.2. The average molecular weight is 499 g/mol. The van der Waals surface area contributed by atoms with Crippen LogP contribution in [0.5, 0.6) is 0 Å². The quantitative estimate of drug-likeness (QED) is 0.283. The molecule has 1 aliphatic rings. The van der Waals surface area contributed by atoms with Gasteiger partial charge in [0.25, 0.3) is 0 Å². The Morgan fingerprint density at radius 3 is 2.64 bits per heavy atom. The maximum atomic E-state index is 5.29. The topological polar surface area (TPSA) is 82.7 Å². The molecular formula is C19H30IN7O. The van der Waals surface area contributed by atoms with Crippen molar-refractivity contribution in [3.63, 3.8) is 0 Å². The third-order valence-corrected chi connectivity index (χ3v) is 4.62. The number of hydrogen-bond donors (Lipinski definition) is 1. The van der Waals surface area contributed by atoms with E-state index in [1.165, 1.54) is 0 Å². The summed E-state index contributed by atoms with van der Waals surface area (Å²) in [5.74, 6) is 3.77. The van der Waals surface area contributed by atoms with Crippen molar-refractivity contribution in [2.45, 2.75) is 32.6 Å². The van der Waals surface area contributed by atoms with E-state index in [9.17, 15) is 0 Å². The minimum atomic E-state index is 0. The number of aliphatic imine (C=N–C) groups is 1. The van der Waals surface area contributed by atoms with Gasteiger partial charge in [0.15, 0.2) is 11.8 Å². The van der Waals surface area contributed by atoms with Gasteiger partial charge < -0.3 is 19.6 Å². The van der Waals surface area contributed by atoms with Crippen LogP contribution in [0.1, 0.15) is 37.9 Å². The zero-order valence-electron chi connectivity index (χ0n) is 16.8. The lowest BCUT2D eigenvalue weighted by Gasteiger charge is -2.37. The molecule has 0 aromatic carbocycles. The van der Waals surface area contributed by atoms with Crippen molar-refractivity contribution in [2.24, 2.45) is 4.99 Å². The molecule has 0 spiro atoms. The number of halogens is 1. The molecular weight excluding hydrogens is 469 g/mol. The predicted molar refractivity (Wildman–Crippen MR) is 122 cm³/mol. The van der Waals surface area contributed by atoms with Gasteiger partial charge in [-0.15, -0.1) is 24.0 Å². The standard InChI is InChI=1S/C19H29N7O.HI/c1-15(2)18-23-17(27-24-18)8-6-10-22-19(20-3)26-13-11-25(12-14-26)16-7-4-5-9-21-16;/h4-5,7,9,15H,6,8,10-14H2,1-3H3,(H,20,22);1H. The van der Waals surface area contributed by atoms with Crippen LogP contribution in [0.25, 0.3) is 0 Å². The van der Waals surface area contributed by atoms with Crippen LogP contribution < -0.4 is 10.2 Å². The summed E-state index contributed by atoms with van der Waals surface area (Å²) in [7, 11) is 1.83. The molecule has 1 fully saturated rings. The highest BCUT2D eigenvalue weighted by atomic mass is 127. The molecule has 3 rings (SSSR count). The number of pyridine rings is 1. The molecule has 0 saturated carbocycles. The number of nitrogens with one attached hydrogen (secondary N) is 1. The van der Waals surface area contributed by atoms with Crippen molar-refractivity contribution in [3.8, 4) is 0 Å². The number of aromatic nitrogens is 3. The molecule has 28 heavy (non-hydrogen) atoms. The fourth-order valence-electron chi connectivity index (χ4n) is 3.06. The highest BCUT2D eigenvalue weighted by molar-refractivity contribution is 14.0. The maximum absolute atomic E-state index is 5.29. The zero-order chi connectivity index (χ0) is 19.1. The first kappa shape index (κ1) is 22.4. The van der Waals surface area contributed by atoms with Gasteiger partial charge in [0.1, 0.15) is 5.82 Å². The first-order valence-electron chi connectivity index (χ1n) is 9.61. The summed E-state index contributed by atoms with van der Waals surface area (Å²) in [6, 6.07) is 6.04. The molecule has 3 heterocycles. The van der Waals surface area contributed by atoms with Crippen LogP contribution in [0.2, 0.25) is 0 Å². The van der Waals surface area contributed by atoms with Gasteiger partial charge >= 0.3 is 0 Å². The van der Waals surface area contributed by atoms with Crippen molar-refractivity contribution < 1.29 is 4.52 Å². The minimum absolute atomic E-state index is 0. The summed E-state index contributed by atoms with van der Waals surface area (Å²) in [4.78, 5) is 17.9. The van der Waals surface area contributed by atoms with Crippen molar-refractivity contribution in [2.75, 3.05) is 44.7 Å². The summed E-state index contributed by atoms with van der Waals surface area (Å²) < 4.78 is 5.29. The van der Waals surface area contributed by atoms with Crippen molar-refractivity contribution >= 4 is 35.8 Å². The molecule has 154 valence electrons. The van der Waals surface area contributed by atoms with Crippen LogP contribution in [0.4, 0.5) is 5.82 Å². The molecule has 0 unspecified atom stereocenters. The highest BCUT2D eigenvalue weighted by Gasteiger charge is 2.20. The third kappa shape index (κ3) is 6.05. The molecule has 1 N–H and O–H groups in total. The first-order valence-corrected chi connectivity index (χ1v) is 9.61. The molecule has 0 aliphatic carbocycles. The van der Waals surface area contributed by atoms with E-state index in [1.54, 1.807) is 0 Å². The van der Waals surface area contributed by atoms with Crippen LogP contribution in [0, 0.1) is 0 Å². The number of aryl methyl sites for hydroxylation is 1. The van der Waals surface area contributed by atoms with E-state index in [2.05, 4.69) is 55.1 Å². The van der Waals surface area contributed by atoms with E-state index >= 15 is 0 Å². The molecule has 2 aromatic heterocycles. The Morgan fingerprint density at radius 1 is 1.25 bits per heavy atom. The highest BCUT2D eigenvalue weighted by Crippen LogP contribution is 2.13. The van der Waals surface area contributed by atoms with Crippen LogP contribution >= 0.6 is 24.0 Å². The van der Waals surface area contributed by atoms with Gasteiger partial charge in [0, 0.05) is 58.3 Å². The minimum Gasteiger partial charge on any atom is -0.356 e. The Bertz CT molecular complexity index is 727. The lowest BCUT2D eigenvalue weighted by molar-refractivity contribution is 0.363. The number of guanidine groups is 1. The molecule has 1 saturated heterocycles. The molecule has 8 nitrogen and oxygen atoms in total. The number of anilines is 1. The van der Waals surface area contributed by atoms with Crippen LogP contribution in [0.3, 0.4) is 0 Å². The van der Waals surface area contributed by atoms with Gasteiger partial charge in [-0.2, -0.15) is 4.98 Å². The monoisotopic (exact) mass is 499 g/mol. The van der Waals surface area contributed by atoms with E-state index in [4.69, 9.17) is 4.52 Å². The predicted octanol–water partition coefficient (Wildman–Crippen LogP) is 2.54. The van der Waals surface area contributed by atoms with E-state index in [-0.39, 0.29) is 24.0 Å². The Hall–Kier alpha value is -1.91. The van der Waals surface area contributed by atoms with Crippen molar-refractivity contribution in [1.82, 2.24) is 25.3 Å². The number of hydrogen-bond acceptors (Lipinski definition) is 6. The van der Waals surface area contributed by atoms with Gasteiger partial charge in [-0.25, -0.2) is 4.98 Å². The number of nitrogens with zero attached hydrogens (tertiary/aromatic N) is 6. The number of piperazine rings is 1. The Morgan fingerprint density at radius 2 is 2.04 bits per heavy atom. The molecule has 1 aliphatic heterocycles. The Labute approximate surface area is 183 Å². The molecule has 2 aromatic rings. The second kappa shape index (κ2) is 11.2. The molecule has 0 bridgehead atoms. The molecule has 9 heteroatoms. The van der Waals surface area contributed by atoms with Crippen molar-refractivity contribution in [3.05, 3.63) is 36.1 Å². The van der Waals surface area contributed by atoms with Crippen LogP contribution in [0.15, 0.2) is 33.9 Å². The van der Waals surface area contributed by atoms with E-state index in [0.29, 0.717) is 11.8 Å². The largest absolute Gasteiger partial charge is 0.356 e. The fourth-order valence-corrected chi connectivity index (χ4v) is 3.06.